The zero-order valence-electron chi connectivity index (χ0n) is 11.4. The van der Waals surface area contributed by atoms with Crippen LogP contribution in [0, 0.1) is 0 Å². The normalized spacial score (nSPS) is 29.1. The highest BCUT2D eigenvalue weighted by Crippen LogP contribution is 2.30. The van der Waals surface area contributed by atoms with Crippen LogP contribution in [0.4, 0.5) is 0 Å². The summed E-state index contributed by atoms with van der Waals surface area (Å²) in [5.41, 5.74) is 6.67. The molecule has 1 amide bonds. The van der Waals surface area contributed by atoms with E-state index < -0.39 is 11.4 Å². The highest BCUT2D eigenvalue weighted by atomic mass is 16.5. The van der Waals surface area contributed by atoms with Gasteiger partial charge in [0.05, 0.1) is 19.3 Å². The van der Waals surface area contributed by atoms with E-state index in [9.17, 15) is 4.79 Å². The Labute approximate surface area is 118 Å². The van der Waals surface area contributed by atoms with E-state index >= 15 is 0 Å². The number of nitrogens with two attached hydrogens (primary N) is 1. The highest BCUT2D eigenvalue weighted by Gasteiger charge is 2.43. The Hall–Kier alpha value is -1.43. The van der Waals surface area contributed by atoms with Crippen LogP contribution in [0.5, 0.6) is 0 Å². The van der Waals surface area contributed by atoms with Gasteiger partial charge in [0, 0.05) is 13.2 Å². The molecule has 0 bridgehead atoms. The van der Waals surface area contributed by atoms with Crippen LogP contribution in [0.1, 0.15) is 24.0 Å². The molecule has 20 heavy (non-hydrogen) atoms. The van der Waals surface area contributed by atoms with Gasteiger partial charge in [0.15, 0.2) is 0 Å². The molecule has 0 spiro atoms. The van der Waals surface area contributed by atoms with Crippen molar-refractivity contribution in [2.75, 3.05) is 19.8 Å². The Morgan fingerprint density at radius 1 is 1.45 bits per heavy atom. The highest BCUT2D eigenvalue weighted by molar-refractivity contribution is 5.87. The summed E-state index contributed by atoms with van der Waals surface area (Å²) in [5, 5.41) is 3.31. The topological polar surface area (TPSA) is 73.6 Å². The van der Waals surface area contributed by atoms with Gasteiger partial charge in [-0.05, 0) is 24.0 Å². The van der Waals surface area contributed by atoms with Crippen LogP contribution in [0.25, 0.3) is 0 Å². The maximum Gasteiger partial charge on any atom is 0.244 e. The first kappa shape index (κ1) is 13.5. The van der Waals surface area contributed by atoms with Crippen molar-refractivity contribution in [3.8, 4) is 0 Å². The minimum atomic E-state index is -0.944. The van der Waals surface area contributed by atoms with Crippen molar-refractivity contribution in [3.63, 3.8) is 0 Å². The van der Waals surface area contributed by atoms with Crippen molar-refractivity contribution in [1.29, 1.82) is 0 Å². The van der Waals surface area contributed by atoms with Crippen molar-refractivity contribution < 1.29 is 14.3 Å². The fourth-order valence-electron chi connectivity index (χ4n) is 2.98. The lowest BCUT2D eigenvalue weighted by Gasteiger charge is -2.37. The van der Waals surface area contributed by atoms with E-state index in [1.54, 1.807) is 0 Å². The molecule has 5 nitrogen and oxygen atoms in total. The minimum absolute atomic E-state index is 0.153. The van der Waals surface area contributed by atoms with E-state index in [1.807, 2.05) is 24.3 Å². The van der Waals surface area contributed by atoms with Crippen molar-refractivity contribution in [2.24, 2.45) is 5.73 Å². The number of fused-ring (bicyclic) bond motifs is 1. The average molecular weight is 276 g/mol. The second-order valence-electron chi connectivity index (χ2n) is 5.44. The Balaban J connectivity index is 1.86. The summed E-state index contributed by atoms with van der Waals surface area (Å²) in [5.74, 6) is -0.400. The summed E-state index contributed by atoms with van der Waals surface area (Å²) in [7, 11) is 0. The van der Waals surface area contributed by atoms with E-state index in [2.05, 4.69) is 5.32 Å². The van der Waals surface area contributed by atoms with Gasteiger partial charge in [0.25, 0.3) is 0 Å². The predicted octanol–water partition coefficient (Wildman–Crippen LogP) is 0.666. The van der Waals surface area contributed by atoms with Crippen molar-refractivity contribution in [2.45, 2.75) is 31.1 Å². The van der Waals surface area contributed by atoms with Gasteiger partial charge in [-0.15, -0.1) is 0 Å². The van der Waals surface area contributed by atoms with Crippen molar-refractivity contribution in [3.05, 3.63) is 35.4 Å². The zero-order valence-corrected chi connectivity index (χ0v) is 11.4. The van der Waals surface area contributed by atoms with Crippen LogP contribution in [0.15, 0.2) is 24.3 Å². The van der Waals surface area contributed by atoms with E-state index in [4.69, 9.17) is 15.2 Å². The minimum Gasteiger partial charge on any atom is -0.377 e. The fraction of sp³-hybridized carbons (Fsp3) is 0.533. The van der Waals surface area contributed by atoms with Crippen LogP contribution in [-0.4, -0.2) is 31.8 Å². The van der Waals surface area contributed by atoms with Crippen LogP contribution in [-0.2, 0) is 26.4 Å². The number of carbonyl (C=O) groups excluding carboxylic acids is 1. The molecule has 2 aliphatic heterocycles. The number of amides is 1. The molecule has 2 atom stereocenters. The first-order valence-corrected chi connectivity index (χ1v) is 7.05. The summed E-state index contributed by atoms with van der Waals surface area (Å²) in [6.07, 6.45) is 2.24. The van der Waals surface area contributed by atoms with Gasteiger partial charge in [0.1, 0.15) is 5.54 Å². The van der Waals surface area contributed by atoms with Crippen LogP contribution in [0.2, 0.25) is 0 Å². The molecule has 0 aliphatic carbocycles. The first-order chi connectivity index (χ1) is 9.72. The van der Waals surface area contributed by atoms with Crippen LogP contribution in [0.3, 0.4) is 0 Å². The summed E-state index contributed by atoms with van der Waals surface area (Å²) >= 11 is 0. The monoisotopic (exact) mass is 276 g/mol. The quantitative estimate of drug-likeness (QED) is 0.847. The fourth-order valence-corrected chi connectivity index (χ4v) is 2.98. The number of carbonyl (C=O) groups is 1. The molecule has 2 unspecified atom stereocenters. The summed E-state index contributed by atoms with van der Waals surface area (Å²) in [4.78, 5) is 12.1. The number of hydrogen-bond acceptors (Lipinski definition) is 4. The van der Waals surface area contributed by atoms with Gasteiger partial charge >= 0.3 is 0 Å². The molecule has 2 heterocycles. The standard InChI is InChI=1S/C15H20N2O3/c16-14(18)15(17-8-12-5-3-7-20-12)10-19-9-11-4-1-2-6-13(11)15/h1-2,4,6,12,17H,3,5,7-10H2,(H2,16,18). The average Bonchev–Trinajstić information content (AvgIpc) is 2.98. The smallest absolute Gasteiger partial charge is 0.244 e. The Bertz CT molecular complexity index is 500. The lowest BCUT2D eigenvalue weighted by atomic mass is 9.84. The first-order valence-electron chi connectivity index (χ1n) is 7.05. The Kier molecular flexibility index (Phi) is 3.74. The number of benzene rings is 1. The largest absolute Gasteiger partial charge is 0.377 e. The van der Waals surface area contributed by atoms with Gasteiger partial charge in [-0.1, -0.05) is 24.3 Å². The van der Waals surface area contributed by atoms with Crippen molar-refractivity contribution in [1.82, 2.24) is 5.32 Å². The van der Waals surface area contributed by atoms with E-state index in [0.29, 0.717) is 13.2 Å². The molecule has 1 aromatic carbocycles. The van der Waals surface area contributed by atoms with Gasteiger partial charge in [0.2, 0.25) is 5.91 Å². The number of rotatable bonds is 4. The molecule has 1 fully saturated rings. The third-order valence-electron chi connectivity index (χ3n) is 4.13. The van der Waals surface area contributed by atoms with Crippen LogP contribution >= 0.6 is 0 Å². The molecule has 0 aromatic heterocycles. The third kappa shape index (κ3) is 2.32. The number of nitrogens with one attached hydrogen (secondary N) is 1. The predicted molar refractivity (Wildman–Crippen MR) is 73.9 cm³/mol. The molecule has 108 valence electrons. The number of ether oxygens (including phenoxy) is 2. The molecular weight excluding hydrogens is 256 g/mol. The Morgan fingerprint density at radius 3 is 3.05 bits per heavy atom. The summed E-state index contributed by atoms with van der Waals surface area (Å²) in [6, 6.07) is 7.79. The molecule has 3 rings (SSSR count). The zero-order chi connectivity index (χ0) is 14.0. The molecule has 0 saturated carbocycles. The van der Waals surface area contributed by atoms with Crippen molar-refractivity contribution >= 4 is 5.91 Å². The number of primary amides is 1. The van der Waals surface area contributed by atoms with E-state index in [-0.39, 0.29) is 12.7 Å². The molecule has 1 saturated heterocycles. The van der Waals surface area contributed by atoms with Gasteiger partial charge in [-0.2, -0.15) is 0 Å². The third-order valence-corrected chi connectivity index (χ3v) is 4.13. The Morgan fingerprint density at radius 2 is 2.30 bits per heavy atom. The second-order valence-corrected chi connectivity index (χ2v) is 5.44. The van der Waals surface area contributed by atoms with E-state index in [0.717, 1.165) is 30.6 Å². The van der Waals surface area contributed by atoms with E-state index in [1.165, 1.54) is 0 Å². The van der Waals surface area contributed by atoms with Gasteiger partial charge in [-0.3, -0.25) is 10.1 Å². The molecule has 1 aromatic rings. The molecule has 2 aliphatic rings. The maximum absolute atomic E-state index is 12.1. The molecule has 5 heteroatoms. The van der Waals surface area contributed by atoms with Gasteiger partial charge < -0.3 is 15.2 Å². The maximum atomic E-state index is 12.1. The molecule has 3 N–H and O–H groups in total. The van der Waals surface area contributed by atoms with Gasteiger partial charge in [-0.25, -0.2) is 0 Å². The SMILES string of the molecule is NC(=O)C1(NCC2CCCO2)COCc2ccccc21. The molecule has 0 radical (unpaired) electrons. The summed E-state index contributed by atoms with van der Waals surface area (Å²) in [6.45, 7) is 2.20. The second kappa shape index (κ2) is 5.52. The lowest BCUT2D eigenvalue weighted by Crippen LogP contribution is -2.59. The lowest BCUT2D eigenvalue weighted by molar-refractivity contribution is -0.129. The summed E-state index contributed by atoms with van der Waals surface area (Å²) < 4.78 is 11.2. The molecular formula is C15H20N2O3. The number of hydrogen-bond donors (Lipinski definition) is 2. The van der Waals surface area contributed by atoms with Crippen LogP contribution < -0.4 is 11.1 Å².